The third kappa shape index (κ3) is 3.53. The lowest BCUT2D eigenvalue weighted by atomic mass is 9.95. The lowest BCUT2D eigenvalue weighted by molar-refractivity contribution is -0.132. The molecule has 0 unspecified atom stereocenters. The van der Waals surface area contributed by atoms with Gasteiger partial charge in [0.1, 0.15) is 5.92 Å². The van der Waals surface area contributed by atoms with Gasteiger partial charge < -0.3 is 0 Å². The van der Waals surface area contributed by atoms with Gasteiger partial charge in [-0.05, 0) is 42.9 Å². The van der Waals surface area contributed by atoms with E-state index in [1.54, 1.807) is 0 Å². The van der Waals surface area contributed by atoms with E-state index in [1.807, 2.05) is 60.7 Å². The van der Waals surface area contributed by atoms with Crippen molar-refractivity contribution in [2.24, 2.45) is 5.92 Å². The highest BCUT2D eigenvalue weighted by molar-refractivity contribution is 7.81. The molecule has 0 N–H and O–H groups in total. The van der Waals surface area contributed by atoms with Crippen LogP contribution in [-0.4, -0.2) is 16.9 Å². The lowest BCUT2D eigenvalue weighted by Gasteiger charge is -2.39. The zero-order valence-electron chi connectivity index (χ0n) is 14.8. The summed E-state index contributed by atoms with van der Waals surface area (Å²) in [7, 11) is 0. The number of carbonyl (C=O) groups is 2. The van der Waals surface area contributed by atoms with Crippen molar-refractivity contribution in [3.63, 3.8) is 0 Å². The Kier molecular flexibility index (Phi) is 5.78. The maximum Gasteiger partial charge on any atom is 0.245 e. The van der Waals surface area contributed by atoms with E-state index in [-0.39, 0.29) is 16.9 Å². The van der Waals surface area contributed by atoms with Crippen LogP contribution in [0.1, 0.15) is 32.6 Å². The number of thiocarbonyl (C=S) groups is 1. The molecule has 0 spiro atoms. The second kappa shape index (κ2) is 8.23. The summed E-state index contributed by atoms with van der Waals surface area (Å²) in [4.78, 5) is 29.2. The van der Waals surface area contributed by atoms with Crippen LogP contribution in [0.3, 0.4) is 0 Å². The highest BCUT2D eigenvalue weighted by atomic mass is 32.1. The second-order valence-corrected chi connectivity index (χ2v) is 6.71. The molecule has 1 heterocycles. The predicted octanol–water partition coefficient (Wildman–Crippen LogP) is 4.55. The summed E-state index contributed by atoms with van der Waals surface area (Å²) in [6.07, 6.45) is 3.42. The molecule has 0 atom stereocenters. The van der Waals surface area contributed by atoms with Crippen molar-refractivity contribution in [3.05, 3.63) is 60.7 Å². The molecular weight excluding hydrogens is 344 g/mol. The zero-order chi connectivity index (χ0) is 18.5. The molecule has 4 nitrogen and oxygen atoms in total. The predicted molar refractivity (Wildman–Crippen MR) is 108 cm³/mol. The van der Waals surface area contributed by atoms with E-state index in [4.69, 9.17) is 12.2 Å². The van der Waals surface area contributed by atoms with Crippen molar-refractivity contribution in [2.75, 3.05) is 9.80 Å². The largest absolute Gasteiger partial charge is 0.273 e. The highest BCUT2D eigenvalue weighted by Crippen LogP contribution is 2.31. The van der Waals surface area contributed by atoms with E-state index < -0.39 is 5.92 Å². The van der Waals surface area contributed by atoms with E-state index in [2.05, 4.69) is 6.92 Å². The van der Waals surface area contributed by atoms with Gasteiger partial charge in [0.25, 0.3) is 0 Å². The van der Waals surface area contributed by atoms with Gasteiger partial charge >= 0.3 is 0 Å². The quantitative estimate of drug-likeness (QED) is 0.428. The number of nitrogens with zero attached hydrogens (tertiary/aromatic N) is 2. The minimum atomic E-state index is -0.700. The summed E-state index contributed by atoms with van der Waals surface area (Å²) in [6, 6.07) is 18.6. The Morgan fingerprint density at radius 2 is 1.27 bits per heavy atom. The third-order valence-corrected chi connectivity index (χ3v) is 4.91. The molecule has 0 radical (unpaired) electrons. The van der Waals surface area contributed by atoms with Gasteiger partial charge in [-0.1, -0.05) is 62.6 Å². The lowest BCUT2D eigenvalue weighted by Crippen LogP contribution is -2.60. The maximum atomic E-state index is 13.1. The Balaban J connectivity index is 2.00. The van der Waals surface area contributed by atoms with Gasteiger partial charge in [-0.2, -0.15) is 0 Å². The van der Waals surface area contributed by atoms with Gasteiger partial charge in [0.15, 0.2) is 5.11 Å². The molecule has 5 heteroatoms. The maximum absolute atomic E-state index is 13.1. The topological polar surface area (TPSA) is 40.6 Å². The average molecular weight is 366 g/mol. The molecule has 2 aromatic rings. The number of anilines is 2. The van der Waals surface area contributed by atoms with Gasteiger partial charge in [0.05, 0.1) is 11.4 Å². The van der Waals surface area contributed by atoms with Crippen molar-refractivity contribution in [1.82, 2.24) is 0 Å². The summed E-state index contributed by atoms with van der Waals surface area (Å²) in [5.41, 5.74) is 1.38. The van der Waals surface area contributed by atoms with Crippen LogP contribution in [0.4, 0.5) is 11.4 Å². The van der Waals surface area contributed by atoms with Crippen molar-refractivity contribution >= 4 is 40.5 Å². The Morgan fingerprint density at radius 3 is 1.69 bits per heavy atom. The fourth-order valence-electron chi connectivity index (χ4n) is 3.18. The molecular formula is C21H22N2O2S. The first-order valence-electron chi connectivity index (χ1n) is 8.97. The summed E-state index contributed by atoms with van der Waals surface area (Å²) in [5.74, 6) is -1.15. The molecule has 1 aliphatic rings. The Bertz CT molecular complexity index is 731. The highest BCUT2D eigenvalue weighted by Gasteiger charge is 2.44. The fourth-order valence-corrected chi connectivity index (χ4v) is 3.57. The van der Waals surface area contributed by atoms with Gasteiger partial charge in [0.2, 0.25) is 11.8 Å². The minimum Gasteiger partial charge on any atom is -0.273 e. The summed E-state index contributed by atoms with van der Waals surface area (Å²) >= 11 is 5.57. The molecule has 0 saturated carbocycles. The van der Waals surface area contributed by atoms with Crippen molar-refractivity contribution < 1.29 is 9.59 Å². The second-order valence-electron chi connectivity index (χ2n) is 6.35. The molecule has 1 saturated heterocycles. The fraction of sp³-hybridized carbons (Fsp3) is 0.286. The van der Waals surface area contributed by atoms with Crippen LogP contribution in [-0.2, 0) is 9.59 Å². The molecule has 0 aromatic heterocycles. The van der Waals surface area contributed by atoms with Crippen molar-refractivity contribution in [2.45, 2.75) is 32.6 Å². The normalized spacial score (nSPS) is 15.7. The Labute approximate surface area is 159 Å². The first kappa shape index (κ1) is 18.3. The number of hydrogen-bond acceptors (Lipinski definition) is 3. The van der Waals surface area contributed by atoms with E-state index in [1.165, 1.54) is 9.80 Å². The minimum absolute atomic E-state index is 0.212. The number of unbranched alkanes of at least 4 members (excludes halogenated alkanes) is 2. The third-order valence-electron chi connectivity index (χ3n) is 4.54. The summed E-state index contributed by atoms with van der Waals surface area (Å²) in [6.45, 7) is 2.10. The van der Waals surface area contributed by atoms with Crippen LogP contribution in [0.15, 0.2) is 60.7 Å². The van der Waals surface area contributed by atoms with E-state index in [0.29, 0.717) is 17.8 Å². The van der Waals surface area contributed by atoms with E-state index >= 15 is 0 Å². The molecule has 0 bridgehead atoms. The number of para-hydroxylation sites is 2. The van der Waals surface area contributed by atoms with Crippen molar-refractivity contribution in [3.8, 4) is 0 Å². The van der Waals surface area contributed by atoms with Gasteiger partial charge in [-0.15, -0.1) is 0 Å². The number of hydrogen-bond donors (Lipinski definition) is 0. The average Bonchev–Trinajstić information content (AvgIpc) is 2.66. The molecule has 3 rings (SSSR count). The van der Waals surface area contributed by atoms with E-state index in [0.717, 1.165) is 19.3 Å². The van der Waals surface area contributed by atoms with Crippen LogP contribution in [0, 0.1) is 5.92 Å². The van der Waals surface area contributed by atoms with Gasteiger partial charge in [-0.25, -0.2) is 0 Å². The number of benzene rings is 2. The molecule has 2 amide bonds. The van der Waals surface area contributed by atoms with Gasteiger partial charge in [0, 0.05) is 0 Å². The number of carbonyl (C=O) groups excluding carboxylic acids is 2. The number of rotatable bonds is 6. The number of amides is 2. The Morgan fingerprint density at radius 1 is 0.808 bits per heavy atom. The standard InChI is InChI=1S/C21H22N2O2S/c1-2-3-6-15-18-19(24)22(16-11-7-4-8-12-16)21(26)23(20(18)25)17-13-9-5-10-14-17/h4-5,7-14,18H,2-3,6,15H2,1H3. The van der Waals surface area contributed by atoms with Crippen LogP contribution in [0.5, 0.6) is 0 Å². The zero-order valence-corrected chi connectivity index (χ0v) is 15.6. The molecule has 1 aliphatic heterocycles. The summed E-state index contributed by atoms with van der Waals surface area (Å²) < 4.78 is 0. The summed E-state index contributed by atoms with van der Waals surface area (Å²) in [5, 5.41) is 0.212. The smallest absolute Gasteiger partial charge is 0.245 e. The first-order chi connectivity index (χ1) is 12.6. The Hall–Kier alpha value is -2.53. The molecule has 26 heavy (non-hydrogen) atoms. The molecule has 134 valence electrons. The van der Waals surface area contributed by atoms with Crippen LogP contribution in [0.2, 0.25) is 0 Å². The molecule has 0 aliphatic carbocycles. The van der Waals surface area contributed by atoms with E-state index in [9.17, 15) is 9.59 Å². The SMILES string of the molecule is CCCCCC1C(=O)N(c2ccccc2)C(=S)N(c2ccccc2)C1=O. The van der Waals surface area contributed by atoms with Gasteiger partial charge in [-0.3, -0.25) is 19.4 Å². The van der Waals surface area contributed by atoms with Crippen LogP contribution >= 0.6 is 12.2 Å². The monoisotopic (exact) mass is 366 g/mol. The molecule has 2 aromatic carbocycles. The van der Waals surface area contributed by atoms with Crippen LogP contribution in [0.25, 0.3) is 0 Å². The van der Waals surface area contributed by atoms with Crippen molar-refractivity contribution in [1.29, 1.82) is 0 Å². The first-order valence-corrected chi connectivity index (χ1v) is 9.38. The molecule has 1 fully saturated rings. The van der Waals surface area contributed by atoms with Crippen LogP contribution < -0.4 is 9.80 Å².